The summed E-state index contributed by atoms with van der Waals surface area (Å²) in [4.78, 5) is 19.3. The second-order valence-electron chi connectivity index (χ2n) is 5.29. The topological polar surface area (TPSA) is 93.4 Å². The van der Waals surface area contributed by atoms with E-state index >= 15 is 0 Å². The van der Waals surface area contributed by atoms with E-state index in [1.54, 1.807) is 19.2 Å². The minimum Gasteiger partial charge on any atom is -0.423 e. The van der Waals surface area contributed by atoms with Crippen molar-refractivity contribution < 1.29 is 12.8 Å². The van der Waals surface area contributed by atoms with Crippen LogP contribution in [-0.4, -0.2) is 29.7 Å². The largest absolute Gasteiger partial charge is 0.423 e. The summed E-state index contributed by atoms with van der Waals surface area (Å²) < 4.78 is 32.0. The molecule has 0 spiro atoms. The molecule has 1 aromatic carbocycles. The number of aromatic nitrogens is 2. The fourth-order valence-electron chi connectivity index (χ4n) is 2.32. The molecule has 0 saturated heterocycles. The van der Waals surface area contributed by atoms with Crippen LogP contribution in [0.2, 0.25) is 0 Å². The summed E-state index contributed by atoms with van der Waals surface area (Å²) in [5.41, 5.74) is 0.462. The molecule has 3 rings (SSSR count). The maximum Gasteiger partial charge on any atom is 0.336 e. The van der Waals surface area contributed by atoms with Crippen molar-refractivity contribution in [2.45, 2.75) is 17.9 Å². The van der Waals surface area contributed by atoms with Gasteiger partial charge < -0.3 is 4.42 Å². The van der Waals surface area contributed by atoms with Crippen LogP contribution in [0.25, 0.3) is 11.0 Å². The molecule has 124 valence electrons. The lowest BCUT2D eigenvalue weighted by molar-refractivity contribution is 0.391. The Bertz CT molecular complexity index is 1030. The number of benzene rings is 1. The van der Waals surface area contributed by atoms with Gasteiger partial charge in [-0.15, -0.1) is 0 Å². The highest BCUT2D eigenvalue weighted by Gasteiger charge is 2.27. The smallest absolute Gasteiger partial charge is 0.336 e. The van der Waals surface area contributed by atoms with Crippen molar-refractivity contribution >= 4 is 21.0 Å². The van der Waals surface area contributed by atoms with Crippen molar-refractivity contribution in [2.75, 3.05) is 7.05 Å². The Balaban J connectivity index is 2.00. The monoisotopic (exact) mass is 345 g/mol. The number of rotatable bonds is 4. The minimum absolute atomic E-state index is 0.118. The molecule has 2 heterocycles. The maximum absolute atomic E-state index is 12.8. The van der Waals surface area contributed by atoms with E-state index in [1.165, 1.54) is 48.0 Å². The summed E-state index contributed by atoms with van der Waals surface area (Å²) in [6.07, 6.45) is 2.95. The molecule has 0 N–H and O–H groups in total. The SMILES string of the molecule is CC(c1ccncn1)N(C)S(=O)(=O)c1ccc2oc(=O)ccc2c1. The molecule has 3 aromatic rings. The van der Waals surface area contributed by atoms with E-state index < -0.39 is 21.7 Å². The van der Waals surface area contributed by atoms with Gasteiger partial charge in [-0.2, -0.15) is 4.31 Å². The van der Waals surface area contributed by atoms with Crippen LogP contribution in [0.15, 0.2) is 63.0 Å². The summed E-state index contributed by atoms with van der Waals surface area (Å²) >= 11 is 0. The Kier molecular flexibility index (Phi) is 4.16. The Labute approximate surface area is 138 Å². The zero-order chi connectivity index (χ0) is 17.3. The van der Waals surface area contributed by atoms with Crippen molar-refractivity contribution in [1.82, 2.24) is 14.3 Å². The molecule has 0 radical (unpaired) electrons. The highest BCUT2D eigenvalue weighted by Crippen LogP contribution is 2.26. The van der Waals surface area contributed by atoms with Gasteiger partial charge in [0.05, 0.1) is 16.6 Å². The van der Waals surface area contributed by atoms with Crippen LogP contribution in [-0.2, 0) is 10.0 Å². The molecule has 2 aromatic heterocycles. The molecule has 0 aliphatic rings. The highest BCUT2D eigenvalue weighted by molar-refractivity contribution is 7.89. The predicted molar refractivity (Wildman–Crippen MR) is 87.9 cm³/mol. The fraction of sp³-hybridized carbons (Fsp3) is 0.188. The van der Waals surface area contributed by atoms with Gasteiger partial charge in [-0.05, 0) is 37.3 Å². The molecule has 7 nitrogen and oxygen atoms in total. The average Bonchev–Trinajstić information content (AvgIpc) is 2.60. The standard InChI is InChI=1S/C16H15N3O4S/c1-11(14-7-8-17-10-18-14)19(2)24(21,22)13-4-5-15-12(9-13)3-6-16(20)23-15/h3-11H,1-2H3. The molecular formula is C16H15N3O4S. The number of sulfonamides is 1. The van der Waals surface area contributed by atoms with E-state index in [1.807, 2.05) is 0 Å². The minimum atomic E-state index is -3.73. The van der Waals surface area contributed by atoms with Crippen LogP contribution < -0.4 is 5.63 Å². The van der Waals surface area contributed by atoms with Gasteiger partial charge in [0, 0.05) is 24.7 Å². The van der Waals surface area contributed by atoms with E-state index in [4.69, 9.17) is 4.42 Å². The van der Waals surface area contributed by atoms with Crippen molar-refractivity contribution in [3.05, 3.63) is 65.0 Å². The summed E-state index contributed by atoms with van der Waals surface area (Å²) in [6.45, 7) is 1.75. The van der Waals surface area contributed by atoms with E-state index in [9.17, 15) is 13.2 Å². The number of hydrogen-bond donors (Lipinski definition) is 0. The first kappa shape index (κ1) is 16.3. The van der Waals surface area contributed by atoms with Gasteiger partial charge >= 0.3 is 5.63 Å². The maximum atomic E-state index is 12.8. The van der Waals surface area contributed by atoms with Gasteiger partial charge in [-0.1, -0.05) is 0 Å². The zero-order valence-electron chi connectivity index (χ0n) is 13.1. The first-order valence-corrected chi connectivity index (χ1v) is 8.61. The first-order valence-electron chi connectivity index (χ1n) is 7.17. The van der Waals surface area contributed by atoms with Crippen LogP contribution in [0.5, 0.6) is 0 Å². The summed E-state index contributed by atoms with van der Waals surface area (Å²) in [6, 6.07) is 8.39. The third kappa shape index (κ3) is 2.93. The molecule has 0 amide bonds. The van der Waals surface area contributed by atoms with Crippen LogP contribution in [0.4, 0.5) is 0 Å². The van der Waals surface area contributed by atoms with Crippen molar-refractivity contribution in [3.63, 3.8) is 0 Å². The molecule has 0 bridgehead atoms. The normalized spacial score (nSPS) is 13.3. The Morgan fingerprint density at radius 2 is 1.96 bits per heavy atom. The molecule has 0 fully saturated rings. The molecule has 1 unspecified atom stereocenters. The van der Waals surface area contributed by atoms with Crippen LogP contribution in [0.1, 0.15) is 18.7 Å². The molecule has 8 heteroatoms. The lowest BCUT2D eigenvalue weighted by atomic mass is 10.2. The van der Waals surface area contributed by atoms with E-state index in [0.717, 1.165) is 0 Å². The molecule has 24 heavy (non-hydrogen) atoms. The third-order valence-electron chi connectivity index (χ3n) is 3.85. The zero-order valence-corrected chi connectivity index (χ0v) is 13.9. The molecule has 0 aliphatic carbocycles. The van der Waals surface area contributed by atoms with Crippen LogP contribution in [0.3, 0.4) is 0 Å². The van der Waals surface area contributed by atoms with Gasteiger partial charge in [-0.25, -0.2) is 23.2 Å². The predicted octanol–water partition coefficient (Wildman–Crippen LogP) is 1.96. The first-order chi connectivity index (χ1) is 11.4. The Hall–Kier alpha value is -2.58. The highest BCUT2D eigenvalue weighted by atomic mass is 32.2. The lowest BCUT2D eigenvalue weighted by Gasteiger charge is -2.23. The fourth-order valence-corrected chi connectivity index (χ4v) is 3.69. The third-order valence-corrected chi connectivity index (χ3v) is 5.77. The van der Waals surface area contributed by atoms with Crippen LogP contribution >= 0.6 is 0 Å². The summed E-state index contributed by atoms with van der Waals surface area (Å²) in [5, 5.41) is 0.541. The number of hydrogen-bond acceptors (Lipinski definition) is 6. The summed E-state index contributed by atoms with van der Waals surface area (Å²) in [7, 11) is -2.24. The van der Waals surface area contributed by atoms with E-state index in [-0.39, 0.29) is 4.90 Å². The second kappa shape index (κ2) is 6.14. The van der Waals surface area contributed by atoms with Crippen LogP contribution in [0, 0.1) is 0 Å². The Morgan fingerprint density at radius 3 is 2.67 bits per heavy atom. The van der Waals surface area contributed by atoms with Gasteiger partial charge in [0.25, 0.3) is 0 Å². The molecule has 0 aliphatic heterocycles. The van der Waals surface area contributed by atoms with Crippen molar-refractivity contribution in [2.24, 2.45) is 0 Å². The molecular weight excluding hydrogens is 330 g/mol. The number of fused-ring (bicyclic) bond motifs is 1. The van der Waals surface area contributed by atoms with E-state index in [2.05, 4.69) is 9.97 Å². The second-order valence-corrected chi connectivity index (χ2v) is 7.28. The molecule has 1 atom stereocenters. The quantitative estimate of drug-likeness (QED) is 0.671. The van der Waals surface area contributed by atoms with Crippen molar-refractivity contribution in [3.8, 4) is 0 Å². The Morgan fingerprint density at radius 1 is 1.17 bits per heavy atom. The number of nitrogens with zero attached hydrogens (tertiary/aromatic N) is 3. The van der Waals surface area contributed by atoms with Gasteiger partial charge in [0.15, 0.2) is 0 Å². The average molecular weight is 345 g/mol. The van der Waals surface area contributed by atoms with E-state index in [0.29, 0.717) is 16.7 Å². The molecule has 0 saturated carbocycles. The summed E-state index contributed by atoms with van der Waals surface area (Å²) in [5.74, 6) is 0. The van der Waals surface area contributed by atoms with Gasteiger partial charge in [0.1, 0.15) is 11.9 Å². The van der Waals surface area contributed by atoms with Crippen molar-refractivity contribution in [1.29, 1.82) is 0 Å². The lowest BCUT2D eigenvalue weighted by Crippen LogP contribution is -2.30. The van der Waals surface area contributed by atoms with Gasteiger partial charge in [-0.3, -0.25) is 0 Å². The van der Waals surface area contributed by atoms with Gasteiger partial charge in [0.2, 0.25) is 10.0 Å².